The third-order valence-corrected chi connectivity index (χ3v) is 2.41. The molecule has 7 heteroatoms. The van der Waals surface area contributed by atoms with Crippen LogP contribution in [0.1, 0.15) is 31.1 Å². The molecule has 0 aliphatic rings. The summed E-state index contributed by atoms with van der Waals surface area (Å²) in [5.74, 6) is -0.929. The van der Waals surface area contributed by atoms with E-state index in [0.717, 1.165) is 0 Å². The van der Waals surface area contributed by atoms with Gasteiger partial charge in [-0.05, 0) is 20.8 Å². The fourth-order valence-corrected chi connectivity index (χ4v) is 1.58. The SMILES string of the molecule is COc1cc(OC)c(NC(=O)OC(C)(C)C)c(F)c1C=O. The molecule has 1 amide bonds. The van der Waals surface area contributed by atoms with E-state index >= 15 is 0 Å². The summed E-state index contributed by atoms with van der Waals surface area (Å²) in [7, 11) is 2.59. The molecule has 1 rings (SSSR count). The van der Waals surface area contributed by atoms with Gasteiger partial charge < -0.3 is 14.2 Å². The van der Waals surface area contributed by atoms with Gasteiger partial charge in [0.05, 0.1) is 19.8 Å². The molecular weight excluding hydrogens is 281 g/mol. The van der Waals surface area contributed by atoms with E-state index in [9.17, 15) is 14.0 Å². The Morgan fingerprint density at radius 3 is 2.24 bits per heavy atom. The van der Waals surface area contributed by atoms with E-state index in [1.807, 2.05) is 0 Å². The number of halogens is 1. The van der Waals surface area contributed by atoms with Crippen LogP contribution in [0.2, 0.25) is 0 Å². The number of rotatable bonds is 4. The molecule has 0 saturated carbocycles. The van der Waals surface area contributed by atoms with E-state index in [1.54, 1.807) is 20.8 Å². The van der Waals surface area contributed by atoms with E-state index in [1.165, 1.54) is 20.3 Å². The van der Waals surface area contributed by atoms with Crippen molar-refractivity contribution < 1.29 is 28.2 Å². The largest absolute Gasteiger partial charge is 0.496 e. The Hall–Kier alpha value is -2.31. The highest BCUT2D eigenvalue weighted by molar-refractivity contribution is 5.91. The van der Waals surface area contributed by atoms with Gasteiger partial charge in [0, 0.05) is 6.07 Å². The van der Waals surface area contributed by atoms with E-state index < -0.39 is 17.5 Å². The number of carbonyl (C=O) groups is 2. The van der Waals surface area contributed by atoms with E-state index in [0.29, 0.717) is 6.29 Å². The van der Waals surface area contributed by atoms with Gasteiger partial charge in [-0.3, -0.25) is 10.1 Å². The predicted molar refractivity (Wildman–Crippen MR) is 74.7 cm³/mol. The Morgan fingerprint density at radius 2 is 1.81 bits per heavy atom. The minimum Gasteiger partial charge on any atom is -0.496 e. The minimum absolute atomic E-state index is 0.00842. The van der Waals surface area contributed by atoms with Gasteiger partial charge in [-0.15, -0.1) is 0 Å². The van der Waals surface area contributed by atoms with Crippen molar-refractivity contribution in [3.63, 3.8) is 0 Å². The van der Waals surface area contributed by atoms with E-state index in [-0.39, 0.29) is 22.7 Å². The molecule has 116 valence electrons. The lowest BCUT2D eigenvalue weighted by molar-refractivity contribution is 0.0634. The molecule has 0 unspecified atom stereocenters. The molecule has 0 spiro atoms. The lowest BCUT2D eigenvalue weighted by Crippen LogP contribution is -2.27. The minimum atomic E-state index is -0.952. The molecule has 0 radical (unpaired) electrons. The van der Waals surface area contributed by atoms with Crippen molar-refractivity contribution in [2.45, 2.75) is 26.4 Å². The van der Waals surface area contributed by atoms with Crippen molar-refractivity contribution in [1.29, 1.82) is 0 Å². The number of methoxy groups -OCH3 is 2. The van der Waals surface area contributed by atoms with Gasteiger partial charge in [0.2, 0.25) is 0 Å². The predicted octanol–water partition coefficient (Wildman–Crippen LogP) is 3.00. The number of aldehydes is 1. The van der Waals surface area contributed by atoms with Crippen LogP contribution < -0.4 is 14.8 Å². The van der Waals surface area contributed by atoms with Crippen LogP contribution >= 0.6 is 0 Å². The summed E-state index contributed by atoms with van der Waals surface area (Å²) in [4.78, 5) is 22.7. The van der Waals surface area contributed by atoms with Crippen molar-refractivity contribution >= 4 is 18.1 Å². The van der Waals surface area contributed by atoms with Gasteiger partial charge >= 0.3 is 6.09 Å². The summed E-state index contributed by atoms with van der Waals surface area (Å²) in [6.07, 6.45) is -0.560. The second-order valence-electron chi connectivity index (χ2n) is 5.13. The van der Waals surface area contributed by atoms with Gasteiger partial charge in [-0.2, -0.15) is 0 Å². The zero-order valence-electron chi connectivity index (χ0n) is 12.6. The van der Waals surface area contributed by atoms with Crippen LogP contribution in [0.3, 0.4) is 0 Å². The number of benzene rings is 1. The molecule has 6 nitrogen and oxygen atoms in total. The first-order valence-electron chi connectivity index (χ1n) is 6.13. The van der Waals surface area contributed by atoms with Crippen LogP contribution in [0.5, 0.6) is 11.5 Å². The fraction of sp³-hybridized carbons (Fsp3) is 0.429. The molecule has 0 fully saturated rings. The number of amides is 1. The molecule has 0 heterocycles. The molecule has 1 aromatic rings. The molecule has 0 saturated heterocycles. The van der Waals surface area contributed by atoms with Crippen LogP contribution in [-0.4, -0.2) is 32.2 Å². The molecule has 1 aromatic carbocycles. The lowest BCUT2D eigenvalue weighted by Gasteiger charge is -2.21. The lowest BCUT2D eigenvalue weighted by atomic mass is 10.1. The van der Waals surface area contributed by atoms with Crippen LogP contribution in [0, 0.1) is 5.82 Å². The Kier molecular flexibility index (Phi) is 5.12. The quantitative estimate of drug-likeness (QED) is 0.865. The smallest absolute Gasteiger partial charge is 0.412 e. The Bertz CT molecular complexity index is 551. The highest BCUT2D eigenvalue weighted by Gasteiger charge is 2.23. The monoisotopic (exact) mass is 299 g/mol. The maximum atomic E-state index is 14.3. The summed E-state index contributed by atoms with van der Waals surface area (Å²) in [5.41, 5.74) is -1.34. The summed E-state index contributed by atoms with van der Waals surface area (Å²) in [5, 5.41) is 2.24. The summed E-state index contributed by atoms with van der Waals surface area (Å²) in [6.45, 7) is 5.02. The van der Waals surface area contributed by atoms with Crippen molar-refractivity contribution in [3.8, 4) is 11.5 Å². The Balaban J connectivity index is 3.22. The van der Waals surface area contributed by atoms with Gasteiger partial charge in [-0.25, -0.2) is 9.18 Å². The summed E-state index contributed by atoms with van der Waals surface area (Å²) in [6, 6.07) is 1.31. The number of hydrogen-bond donors (Lipinski definition) is 1. The molecular formula is C14H18FNO5. The van der Waals surface area contributed by atoms with Crippen molar-refractivity contribution in [2.75, 3.05) is 19.5 Å². The van der Waals surface area contributed by atoms with Gasteiger partial charge in [-0.1, -0.05) is 0 Å². The van der Waals surface area contributed by atoms with Crippen molar-refractivity contribution in [1.82, 2.24) is 0 Å². The first kappa shape index (κ1) is 16.7. The molecule has 21 heavy (non-hydrogen) atoms. The first-order chi connectivity index (χ1) is 9.73. The van der Waals surface area contributed by atoms with Crippen LogP contribution in [0.25, 0.3) is 0 Å². The maximum absolute atomic E-state index is 14.3. The first-order valence-corrected chi connectivity index (χ1v) is 6.13. The standard InChI is InChI=1S/C14H18FNO5/c1-14(2,3)21-13(18)16-12-10(20-5)6-9(19-4)8(7-17)11(12)15/h6-7H,1-5H3,(H,16,18). The van der Waals surface area contributed by atoms with Gasteiger partial charge in [0.1, 0.15) is 22.8 Å². The summed E-state index contributed by atoms with van der Waals surface area (Å²) >= 11 is 0. The second kappa shape index (κ2) is 6.43. The highest BCUT2D eigenvalue weighted by atomic mass is 19.1. The van der Waals surface area contributed by atoms with E-state index in [4.69, 9.17) is 14.2 Å². The van der Waals surface area contributed by atoms with Crippen molar-refractivity contribution in [3.05, 3.63) is 17.4 Å². The number of nitrogens with one attached hydrogen (secondary N) is 1. The molecule has 0 atom stereocenters. The van der Waals surface area contributed by atoms with Crippen LogP contribution in [0.15, 0.2) is 6.07 Å². The van der Waals surface area contributed by atoms with E-state index in [2.05, 4.69) is 5.32 Å². The Morgan fingerprint density at radius 1 is 1.24 bits per heavy atom. The maximum Gasteiger partial charge on any atom is 0.412 e. The number of hydrogen-bond acceptors (Lipinski definition) is 5. The average molecular weight is 299 g/mol. The number of ether oxygens (including phenoxy) is 3. The van der Waals surface area contributed by atoms with Crippen LogP contribution in [-0.2, 0) is 4.74 Å². The zero-order chi connectivity index (χ0) is 16.2. The van der Waals surface area contributed by atoms with Crippen molar-refractivity contribution in [2.24, 2.45) is 0 Å². The molecule has 0 bridgehead atoms. The summed E-state index contributed by atoms with van der Waals surface area (Å²) < 4.78 is 29.2. The molecule has 0 aliphatic heterocycles. The second-order valence-corrected chi connectivity index (χ2v) is 5.13. The zero-order valence-corrected chi connectivity index (χ0v) is 12.6. The van der Waals surface area contributed by atoms with Crippen LogP contribution in [0.4, 0.5) is 14.9 Å². The fourth-order valence-electron chi connectivity index (χ4n) is 1.58. The number of carbonyl (C=O) groups excluding carboxylic acids is 2. The molecule has 1 N–H and O–H groups in total. The molecule has 0 aromatic heterocycles. The third-order valence-electron chi connectivity index (χ3n) is 2.41. The Labute approximate surface area is 122 Å². The normalized spacial score (nSPS) is 10.8. The highest BCUT2D eigenvalue weighted by Crippen LogP contribution is 2.36. The van der Waals surface area contributed by atoms with Gasteiger partial charge in [0.25, 0.3) is 0 Å². The van der Waals surface area contributed by atoms with Gasteiger partial charge in [0.15, 0.2) is 12.1 Å². The number of anilines is 1. The third kappa shape index (κ3) is 4.08. The average Bonchev–Trinajstić information content (AvgIpc) is 2.38. The topological polar surface area (TPSA) is 73.9 Å². The molecule has 0 aliphatic carbocycles.